The summed E-state index contributed by atoms with van der Waals surface area (Å²) in [7, 11) is 0. The molecule has 1 aliphatic heterocycles. The average Bonchev–Trinajstić information content (AvgIpc) is 3.41. The van der Waals surface area contributed by atoms with Crippen molar-refractivity contribution in [2.75, 3.05) is 23.8 Å². The zero-order valence-corrected chi connectivity index (χ0v) is 18.0. The van der Waals surface area contributed by atoms with E-state index in [0.717, 1.165) is 74.6 Å². The topological polar surface area (TPSA) is 85.1 Å². The fourth-order valence-corrected chi connectivity index (χ4v) is 5.11. The van der Waals surface area contributed by atoms with E-state index >= 15 is 0 Å². The quantitative estimate of drug-likeness (QED) is 0.653. The zero-order chi connectivity index (χ0) is 20.6. The molecular formula is C23H30ClN5O. The molecule has 0 amide bonds. The van der Waals surface area contributed by atoms with Crippen molar-refractivity contribution in [3.8, 4) is 11.3 Å². The second-order valence-corrected chi connectivity index (χ2v) is 9.50. The lowest BCUT2D eigenvalue weighted by Crippen LogP contribution is -2.33. The van der Waals surface area contributed by atoms with Crippen molar-refractivity contribution < 1.29 is 4.74 Å². The molecule has 3 heterocycles. The van der Waals surface area contributed by atoms with E-state index in [4.69, 9.17) is 27.1 Å². The summed E-state index contributed by atoms with van der Waals surface area (Å²) in [5.74, 6) is 1.75. The lowest BCUT2D eigenvalue weighted by Gasteiger charge is -2.27. The van der Waals surface area contributed by atoms with Gasteiger partial charge in [0, 0.05) is 43.1 Å². The molecule has 3 fully saturated rings. The third-order valence-electron chi connectivity index (χ3n) is 7.00. The summed E-state index contributed by atoms with van der Waals surface area (Å²) in [5, 5.41) is 7.81. The average molecular weight is 428 g/mol. The molecule has 5 rings (SSSR count). The van der Waals surface area contributed by atoms with Gasteiger partial charge in [-0.15, -0.1) is 0 Å². The molecule has 160 valence electrons. The Hall–Kier alpha value is -1.89. The molecule has 2 aromatic rings. The smallest absolute Gasteiger partial charge is 0.126 e. The van der Waals surface area contributed by atoms with Crippen molar-refractivity contribution in [3.05, 3.63) is 35.5 Å². The lowest BCUT2D eigenvalue weighted by atomic mass is 9.92. The van der Waals surface area contributed by atoms with E-state index in [1.165, 1.54) is 6.42 Å². The second-order valence-electron chi connectivity index (χ2n) is 9.09. The molecule has 30 heavy (non-hydrogen) atoms. The van der Waals surface area contributed by atoms with Gasteiger partial charge in [-0.1, -0.05) is 17.7 Å². The maximum Gasteiger partial charge on any atom is 0.126 e. The zero-order valence-electron chi connectivity index (χ0n) is 17.2. The second kappa shape index (κ2) is 8.33. The third kappa shape index (κ3) is 4.27. The van der Waals surface area contributed by atoms with Crippen LogP contribution in [0.25, 0.3) is 11.3 Å². The Morgan fingerprint density at radius 3 is 2.67 bits per heavy atom. The summed E-state index contributed by atoms with van der Waals surface area (Å²) in [6.07, 6.45) is 9.47. The Kier molecular flexibility index (Phi) is 5.56. The number of hydrogen-bond acceptors (Lipinski definition) is 6. The van der Waals surface area contributed by atoms with E-state index in [1.807, 2.05) is 24.3 Å². The van der Waals surface area contributed by atoms with Gasteiger partial charge in [-0.2, -0.15) is 0 Å². The molecular weight excluding hydrogens is 398 g/mol. The van der Waals surface area contributed by atoms with Crippen LogP contribution in [-0.2, 0) is 4.74 Å². The molecule has 2 aromatic heterocycles. The van der Waals surface area contributed by atoms with Gasteiger partial charge in [0.2, 0.25) is 0 Å². The van der Waals surface area contributed by atoms with E-state index in [9.17, 15) is 0 Å². The summed E-state index contributed by atoms with van der Waals surface area (Å²) in [6.45, 7) is 1.75. The van der Waals surface area contributed by atoms with Crippen LogP contribution in [0.3, 0.4) is 0 Å². The maximum atomic E-state index is 6.50. The molecule has 7 heteroatoms. The normalized spacial score (nSPS) is 27.6. The van der Waals surface area contributed by atoms with E-state index in [-0.39, 0.29) is 0 Å². The Balaban J connectivity index is 1.30. The summed E-state index contributed by atoms with van der Waals surface area (Å²) in [6, 6.07) is 9.34. The number of rotatable bonds is 5. The van der Waals surface area contributed by atoms with Gasteiger partial charge in [0.15, 0.2) is 0 Å². The Labute approximate surface area is 183 Å². The fraction of sp³-hybridized carbons (Fsp3) is 0.565. The predicted octanol–water partition coefficient (Wildman–Crippen LogP) is 4.46. The molecule has 3 aliphatic rings. The van der Waals surface area contributed by atoms with Crippen LogP contribution < -0.4 is 16.4 Å². The number of nitrogens with one attached hydrogen (secondary N) is 2. The van der Waals surface area contributed by atoms with Crippen LogP contribution in [0.5, 0.6) is 0 Å². The minimum atomic E-state index is 0.336. The number of aromatic nitrogens is 2. The number of ether oxygens (including phenoxy) is 1. The minimum absolute atomic E-state index is 0.336. The summed E-state index contributed by atoms with van der Waals surface area (Å²) >= 11 is 6.50. The van der Waals surface area contributed by atoms with Crippen LogP contribution in [0.15, 0.2) is 30.5 Å². The Morgan fingerprint density at radius 2 is 1.87 bits per heavy atom. The van der Waals surface area contributed by atoms with Gasteiger partial charge >= 0.3 is 0 Å². The largest absolute Gasteiger partial charge is 0.381 e. The van der Waals surface area contributed by atoms with Crippen molar-refractivity contribution in [2.24, 2.45) is 11.1 Å². The SMILES string of the molecule is N[C@H]1CC[C@H](Nc2cc(-c3cccc(N[C@@H]4CC45CCOCC5)n3)c(Cl)cn2)CC1. The van der Waals surface area contributed by atoms with Gasteiger partial charge < -0.3 is 21.1 Å². The Bertz CT molecular complexity index is 893. The highest BCUT2D eigenvalue weighted by atomic mass is 35.5. The van der Waals surface area contributed by atoms with Crippen LogP contribution in [0.2, 0.25) is 5.02 Å². The van der Waals surface area contributed by atoms with E-state index < -0.39 is 0 Å². The van der Waals surface area contributed by atoms with Crippen LogP contribution in [0, 0.1) is 5.41 Å². The number of halogens is 1. The van der Waals surface area contributed by atoms with Gasteiger partial charge in [-0.05, 0) is 68.6 Å². The van der Waals surface area contributed by atoms with Crippen LogP contribution in [0.1, 0.15) is 44.9 Å². The molecule has 6 nitrogen and oxygen atoms in total. The van der Waals surface area contributed by atoms with Crippen molar-refractivity contribution in [3.63, 3.8) is 0 Å². The molecule has 2 saturated carbocycles. The monoisotopic (exact) mass is 427 g/mol. The first-order valence-corrected chi connectivity index (χ1v) is 11.5. The van der Waals surface area contributed by atoms with E-state index in [1.54, 1.807) is 6.20 Å². The number of anilines is 2. The summed E-state index contributed by atoms with van der Waals surface area (Å²) < 4.78 is 5.53. The van der Waals surface area contributed by atoms with E-state index in [2.05, 4.69) is 15.6 Å². The number of pyridine rings is 2. The first-order chi connectivity index (χ1) is 14.6. The third-order valence-corrected chi connectivity index (χ3v) is 7.31. The van der Waals surface area contributed by atoms with Gasteiger partial charge in [-0.25, -0.2) is 9.97 Å². The highest BCUT2D eigenvalue weighted by Gasteiger charge is 2.54. The first kappa shape index (κ1) is 20.0. The van der Waals surface area contributed by atoms with Crippen molar-refractivity contribution in [1.29, 1.82) is 0 Å². The molecule has 0 radical (unpaired) electrons. The number of hydrogen-bond donors (Lipinski definition) is 3. The molecule has 0 bridgehead atoms. The number of nitrogens with zero attached hydrogens (tertiary/aromatic N) is 2. The highest BCUT2D eigenvalue weighted by molar-refractivity contribution is 6.33. The van der Waals surface area contributed by atoms with Crippen molar-refractivity contribution in [1.82, 2.24) is 9.97 Å². The molecule has 1 saturated heterocycles. The molecule has 1 spiro atoms. The lowest BCUT2D eigenvalue weighted by molar-refractivity contribution is 0.0567. The molecule has 1 atom stereocenters. The van der Waals surface area contributed by atoms with Gasteiger partial charge in [0.05, 0.1) is 10.7 Å². The van der Waals surface area contributed by atoms with Gasteiger partial charge in [0.1, 0.15) is 11.6 Å². The molecule has 0 unspecified atom stereocenters. The van der Waals surface area contributed by atoms with Crippen molar-refractivity contribution in [2.45, 2.75) is 63.1 Å². The van der Waals surface area contributed by atoms with Crippen LogP contribution in [-0.4, -0.2) is 41.3 Å². The standard InChI is InChI=1S/C23H30ClN5O/c24-18-14-26-22(27-16-6-4-15(25)5-7-16)12-17(18)19-2-1-3-21(28-19)29-20-13-23(20)8-10-30-11-9-23/h1-3,12,14-16,20H,4-11,13,25H2,(H,26,27)(H,28,29)/t15-,16-,20-/m1/s1. The number of nitrogens with two attached hydrogens (primary N) is 1. The maximum absolute atomic E-state index is 6.50. The fourth-order valence-electron chi connectivity index (χ4n) is 4.91. The van der Waals surface area contributed by atoms with E-state index in [0.29, 0.717) is 28.6 Å². The first-order valence-electron chi connectivity index (χ1n) is 11.1. The summed E-state index contributed by atoms with van der Waals surface area (Å²) in [5.41, 5.74) is 8.20. The minimum Gasteiger partial charge on any atom is -0.381 e. The summed E-state index contributed by atoms with van der Waals surface area (Å²) in [4.78, 5) is 9.35. The van der Waals surface area contributed by atoms with Gasteiger partial charge in [-0.3, -0.25) is 0 Å². The molecule has 2 aliphatic carbocycles. The molecule has 0 aromatic carbocycles. The molecule has 4 N–H and O–H groups in total. The van der Waals surface area contributed by atoms with Crippen LogP contribution >= 0.6 is 11.6 Å². The van der Waals surface area contributed by atoms with Crippen LogP contribution in [0.4, 0.5) is 11.6 Å². The highest BCUT2D eigenvalue weighted by Crippen LogP contribution is 2.54. The predicted molar refractivity (Wildman–Crippen MR) is 121 cm³/mol. The van der Waals surface area contributed by atoms with Crippen molar-refractivity contribution >= 4 is 23.2 Å². The van der Waals surface area contributed by atoms with Gasteiger partial charge in [0.25, 0.3) is 0 Å². The Morgan fingerprint density at radius 1 is 1.07 bits per heavy atom.